The summed E-state index contributed by atoms with van der Waals surface area (Å²) in [5, 5.41) is 2.92. The van der Waals surface area contributed by atoms with Crippen molar-refractivity contribution < 1.29 is 19.1 Å². The Morgan fingerprint density at radius 2 is 1.92 bits per heavy atom. The standard InChI is InChI=1S/C20H22N2O4/c1-13-6-4-5-7-16(13)21-20(24)14-10-19(23)22(12-14)17-11-15(25-2)8-9-18(17)26-3/h4-9,11,14H,10,12H2,1-3H3,(H,21,24). The van der Waals surface area contributed by atoms with Crippen molar-refractivity contribution in [3.05, 3.63) is 48.0 Å². The highest BCUT2D eigenvalue weighted by Crippen LogP contribution is 2.36. The van der Waals surface area contributed by atoms with Gasteiger partial charge in [0.15, 0.2) is 0 Å². The number of hydrogen-bond acceptors (Lipinski definition) is 4. The molecule has 0 aromatic heterocycles. The van der Waals surface area contributed by atoms with Crippen LogP contribution in [0.15, 0.2) is 42.5 Å². The van der Waals surface area contributed by atoms with Crippen LogP contribution >= 0.6 is 0 Å². The van der Waals surface area contributed by atoms with Crippen LogP contribution in [0, 0.1) is 12.8 Å². The van der Waals surface area contributed by atoms with Crippen LogP contribution in [0.4, 0.5) is 11.4 Å². The number of benzene rings is 2. The molecule has 0 spiro atoms. The number of carbonyl (C=O) groups is 2. The number of nitrogens with one attached hydrogen (secondary N) is 1. The van der Waals surface area contributed by atoms with Crippen molar-refractivity contribution in [3.63, 3.8) is 0 Å². The van der Waals surface area contributed by atoms with Crippen LogP contribution in [0.5, 0.6) is 11.5 Å². The number of methoxy groups -OCH3 is 2. The number of carbonyl (C=O) groups excluding carboxylic acids is 2. The molecule has 6 nitrogen and oxygen atoms in total. The largest absolute Gasteiger partial charge is 0.497 e. The summed E-state index contributed by atoms with van der Waals surface area (Å²) in [6.45, 7) is 2.24. The molecule has 1 unspecified atom stereocenters. The Balaban J connectivity index is 1.79. The van der Waals surface area contributed by atoms with Crippen LogP contribution in [0.25, 0.3) is 0 Å². The molecule has 1 aliphatic heterocycles. The molecule has 26 heavy (non-hydrogen) atoms. The van der Waals surface area contributed by atoms with E-state index in [-0.39, 0.29) is 18.2 Å². The summed E-state index contributed by atoms with van der Waals surface area (Å²) < 4.78 is 10.6. The molecule has 1 saturated heterocycles. The van der Waals surface area contributed by atoms with E-state index in [1.165, 1.54) is 0 Å². The fourth-order valence-electron chi connectivity index (χ4n) is 3.07. The van der Waals surface area contributed by atoms with Crippen molar-refractivity contribution >= 4 is 23.2 Å². The molecule has 2 aromatic rings. The smallest absolute Gasteiger partial charge is 0.229 e. The second kappa shape index (κ2) is 7.47. The van der Waals surface area contributed by atoms with Crippen molar-refractivity contribution in [2.75, 3.05) is 31.0 Å². The van der Waals surface area contributed by atoms with Gasteiger partial charge in [-0.15, -0.1) is 0 Å². The number of nitrogens with zero attached hydrogens (tertiary/aromatic N) is 1. The van der Waals surface area contributed by atoms with Crippen molar-refractivity contribution in [1.82, 2.24) is 0 Å². The third-order valence-electron chi connectivity index (χ3n) is 4.58. The predicted molar refractivity (Wildman–Crippen MR) is 99.8 cm³/mol. The summed E-state index contributed by atoms with van der Waals surface area (Å²) >= 11 is 0. The van der Waals surface area contributed by atoms with E-state index in [2.05, 4.69) is 5.32 Å². The van der Waals surface area contributed by atoms with E-state index in [0.29, 0.717) is 23.7 Å². The number of rotatable bonds is 5. The van der Waals surface area contributed by atoms with Gasteiger partial charge in [0.05, 0.1) is 25.8 Å². The Labute approximate surface area is 152 Å². The Morgan fingerprint density at radius 1 is 1.15 bits per heavy atom. The van der Waals surface area contributed by atoms with Gasteiger partial charge in [-0.3, -0.25) is 9.59 Å². The minimum atomic E-state index is -0.419. The predicted octanol–water partition coefficient (Wildman–Crippen LogP) is 3.00. The summed E-state index contributed by atoms with van der Waals surface area (Å²) in [6, 6.07) is 12.8. The van der Waals surface area contributed by atoms with Crippen LogP contribution < -0.4 is 19.7 Å². The van der Waals surface area contributed by atoms with Crippen molar-refractivity contribution in [1.29, 1.82) is 0 Å². The Morgan fingerprint density at radius 3 is 2.62 bits per heavy atom. The topological polar surface area (TPSA) is 67.9 Å². The molecule has 136 valence electrons. The Kier molecular flexibility index (Phi) is 5.11. The van der Waals surface area contributed by atoms with Gasteiger partial charge >= 0.3 is 0 Å². The van der Waals surface area contributed by atoms with E-state index in [0.717, 1.165) is 11.3 Å². The van der Waals surface area contributed by atoms with E-state index < -0.39 is 5.92 Å². The van der Waals surface area contributed by atoms with E-state index >= 15 is 0 Å². The number of aryl methyl sites for hydroxylation is 1. The van der Waals surface area contributed by atoms with Gasteiger partial charge in [-0.25, -0.2) is 0 Å². The van der Waals surface area contributed by atoms with Gasteiger partial charge in [0.2, 0.25) is 11.8 Å². The highest BCUT2D eigenvalue weighted by atomic mass is 16.5. The normalized spacial score (nSPS) is 16.5. The zero-order valence-electron chi connectivity index (χ0n) is 15.1. The molecular formula is C20H22N2O4. The Bertz CT molecular complexity index is 834. The molecule has 0 bridgehead atoms. The quantitative estimate of drug-likeness (QED) is 0.896. The molecule has 1 N–H and O–H groups in total. The van der Waals surface area contributed by atoms with Gasteiger partial charge in [0, 0.05) is 24.7 Å². The maximum absolute atomic E-state index is 12.6. The van der Waals surface area contributed by atoms with Crippen LogP contribution in [-0.2, 0) is 9.59 Å². The van der Waals surface area contributed by atoms with E-state index in [4.69, 9.17) is 9.47 Å². The second-order valence-corrected chi connectivity index (χ2v) is 6.25. The van der Waals surface area contributed by atoms with Gasteiger partial charge in [0.1, 0.15) is 11.5 Å². The molecule has 1 atom stereocenters. The summed E-state index contributed by atoms with van der Waals surface area (Å²) in [6.07, 6.45) is 0.165. The maximum atomic E-state index is 12.6. The molecule has 1 heterocycles. The number of amides is 2. The summed E-state index contributed by atoms with van der Waals surface area (Å²) in [5.41, 5.74) is 2.36. The molecule has 2 amide bonds. The van der Waals surface area contributed by atoms with Crippen LogP contribution in [0.3, 0.4) is 0 Å². The summed E-state index contributed by atoms with van der Waals surface area (Å²) in [7, 11) is 3.12. The van der Waals surface area contributed by atoms with Crippen molar-refractivity contribution in [2.45, 2.75) is 13.3 Å². The molecule has 6 heteroatoms. The third kappa shape index (κ3) is 3.49. The first-order valence-electron chi connectivity index (χ1n) is 8.42. The first-order valence-corrected chi connectivity index (χ1v) is 8.42. The molecule has 0 saturated carbocycles. The van der Waals surface area contributed by atoms with E-state index in [9.17, 15) is 9.59 Å². The van der Waals surface area contributed by atoms with E-state index in [1.807, 2.05) is 31.2 Å². The lowest BCUT2D eigenvalue weighted by atomic mass is 10.1. The van der Waals surface area contributed by atoms with Crippen LogP contribution in [0.2, 0.25) is 0 Å². The Hall–Kier alpha value is -3.02. The third-order valence-corrected chi connectivity index (χ3v) is 4.58. The minimum absolute atomic E-state index is 0.110. The van der Waals surface area contributed by atoms with Gasteiger partial charge in [-0.05, 0) is 30.7 Å². The molecule has 1 fully saturated rings. The van der Waals surface area contributed by atoms with Crippen LogP contribution in [0.1, 0.15) is 12.0 Å². The number of anilines is 2. The average Bonchev–Trinajstić information content (AvgIpc) is 3.04. The number of hydrogen-bond donors (Lipinski definition) is 1. The number of para-hydroxylation sites is 1. The fraction of sp³-hybridized carbons (Fsp3) is 0.300. The van der Waals surface area contributed by atoms with Crippen molar-refractivity contribution in [2.24, 2.45) is 5.92 Å². The SMILES string of the molecule is COc1ccc(OC)c(N2CC(C(=O)Nc3ccccc3C)CC2=O)c1. The number of ether oxygens (including phenoxy) is 2. The van der Waals surface area contributed by atoms with Gasteiger partial charge < -0.3 is 19.7 Å². The van der Waals surface area contributed by atoms with Crippen molar-refractivity contribution in [3.8, 4) is 11.5 Å². The van der Waals surface area contributed by atoms with Gasteiger partial charge in [-0.2, -0.15) is 0 Å². The highest BCUT2D eigenvalue weighted by molar-refractivity contribution is 6.04. The summed E-state index contributed by atoms with van der Waals surface area (Å²) in [4.78, 5) is 26.7. The van der Waals surface area contributed by atoms with Crippen LogP contribution in [-0.4, -0.2) is 32.6 Å². The van der Waals surface area contributed by atoms with Gasteiger partial charge in [-0.1, -0.05) is 18.2 Å². The lowest BCUT2D eigenvalue weighted by molar-refractivity contribution is -0.122. The fourth-order valence-corrected chi connectivity index (χ4v) is 3.07. The zero-order chi connectivity index (χ0) is 18.7. The maximum Gasteiger partial charge on any atom is 0.229 e. The average molecular weight is 354 g/mol. The molecule has 3 rings (SSSR count). The molecular weight excluding hydrogens is 332 g/mol. The summed E-state index contributed by atoms with van der Waals surface area (Å²) in [5.74, 6) is 0.511. The molecule has 2 aromatic carbocycles. The lowest BCUT2D eigenvalue weighted by Crippen LogP contribution is -2.28. The zero-order valence-corrected chi connectivity index (χ0v) is 15.1. The van der Waals surface area contributed by atoms with Gasteiger partial charge in [0.25, 0.3) is 0 Å². The molecule has 1 aliphatic rings. The minimum Gasteiger partial charge on any atom is -0.497 e. The monoisotopic (exact) mass is 354 g/mol. The molecule has 0 aliphatic carbocycles. The van der Waals surface area contributed by atoms with E-state index in [1.54, 1.807) is 37.3 Å². The second-order valence-electron chi connectivity index (χ2n) is 6.25. The first-order chi connectivity index (χ1) is 12.5. The molecule has 0 radical (unpaired) electrons. The first kappa shape index (κ1) is 17.8. The lowest BCUT2D eigenvalue weighted by Gasteiger charge is -2.20. The highest BCUT2D eigenvalue weighted by Gasteiger charge is 2.36.